The van der Waals surface area contributed by atoms with E-state index in [4.69, 9.17) is 10.5 Å². The number of rotatable bonds is 5. The van der Waals surface area contributed by atoms with Gasteiger partial charge in [-0.2, -0.15) is 5.10 Å². The predicted octanol–water partition coefficient (Wildman–Crippen LogP) is 2.14. The van der Waals surface area contributed by atoms with Gasteiger partial charge in [-0.25, -0.2) is 0 Å². The van der Waals surface area contributed by atoms with Crippen LogP contribution < -0.4 is 15.9 Å². The Morgan fingerprint density at radius 2 is 2.05 bits per heavy atom. The van der Waals surface area contributed by atoms with E-state index in [1.165, 1.54) is 6.21 Å². The molecule has 6 heteroatoms. The number of nitrogens with two attached hydrogens (primary N) is 1. The normalized spacial score (nSPS) is 10.5. The number of ether oxygens (including phenoxy) is 1. The van der Waals surface area contributed by atoms with Gasteiger partial charge in [-0.05, 0) is 41.5 Å². The molecule has 0 bridgehead atoms. The molecule has 108 valence electrons. The first-order valence-electron chi connectivity index (χ1n) is 6.23. The van der Waals surface area contributed by atoms with Crippen LogP contribution in [0.2, 0.25) is 0 Å². The fourth-order valence-electron chi connectivity index (χ4n) is 1.63. The summed E-state index contributed by atoms with van der Waals surface area (Å²) in [6.45, 7) is 0.375. The Morgan fingerprint density at radius 3 is 2.76 bits per heavy atom. The van der Waals surface area contributed by atoms with Crippen LogP contribution in [0.15, 0.2) is 53.6 Å². The molecule has 0 saturated heterocycles. The molecule has 5 nitrogen and oxygen atoms in total. The highest BCUT2D eigenvalue weighted by Gasteiger charge is 2.03. The van der Waals surface area contributed by atoms with Crippen molar-refractivity contribution in [1.29, 1.82) is 0 Å². The zero-order valence-corrected chi connectivity index (χ0v) is 12.0. The highest BCUT2D eigenvalue weighted by atomic mass is 32.1. The first kappa shape index (κ1) is 14.8. The number of benzene rings is 2. The summed E-state index contributed by atoms with van der Waals surface area (Å²) < 4.78 is 5.61. The Hall–Kier alpha value is -2.60. The third-order valence-corrected chi connectivity index (χ3v) is 2.70. The molecule has 0 aromatic heterocycles. The summed E-state index contributed by atoms with van der Waals surface area (Å²) >= 11 is 4.64. The van der Waals surface area contributed by atoms with E-state index in [9.17, 15) is 5.11 Å². The number of aromatic hydroxyl groups is 1. The van der Waals surface area contributed by atoms with Gasteiger partial charge in [0.15, 0.2) is 16.6 Å². The van der Waals surface area contributed by atoms with Crippen LogP contribution in [0.3, 0.4) is 0 Å². The zero-order valence-electron chi connectivity index (χ0n) is 11.2. The lowest BCUT2D eigenvalue weighted by molar-refractivity contribution is 0.289. The van der Waals surface area contributed by atoms with Crippen molar-refractivity contribution in [2.75, 3.05) is 0 Å². The van der Waals surface area contributed by atoms with Crippen molar-refractivity contribution in [1.82, 2.24) is 5.43 Å². The van der Waals surface area contributed by atoms with Crippen molar-refractivity contribution >= 4 is 23.5 Å². The maximum atomic E-state index is 9.80. The highest BCUT2D eigenvalue weighted by molar-refractivity contribution is 7.80. The minimum Gasteiger partial charge on any atom is -0.504 e. The average Bonchev–Trinajstić information content (AvgIpc) is 2.48. The van der Waals surface area contributed by atoms with E-state index in [1.54, 1.807) is 18.2 Å². The van der Waals surface area contributed by atoms with E-state index < -0.39 is 0 Å². The van der Waals surface area contributed by atoms with Gasteiger partial charge in [-0.15, -0.1) is 0 Å². The number of phenols is 1. The van der Waals surface area contributed by atoms with Crippen LogP contribution in [0, 0.1) is 0 Å². The van der Waals surface area contributed by atoms with E-state index in [-0.39, 0.29) is 10.9 Å². The summed E-state index contributed by atoms with van der Waals surface area (Å²) in [6, 6.07) is 14.6. The highest BCUT2D eigenvalue weighted by Crippen LogP contribution is 2.27. The molecule has 4 N–H and O–H groups in total. The van der Waals surface area contributed by atoms with Gasteiger partial charge in [0.2, 0.25) is 0 Å². The minimum atomic E-state index is 0.0744. The molecule has 0 aliphatic carbocycles. The fraction of sp³-hybridized carbons (Fsp3) is 0.0667. The lowest BCUT2D eigenvalue weighted by atomic mass is 10.2. The molecule has 0 aliphatic rings. The number of nitrogens with zero attached hydrogens (tertiary/aromatic N) is 1. The van der Waals surface area contributed by atoms with Crippen molar-refractivity contribution in [2.45, 2.75) is 6.61 Å². The molecule has 0 fully saturated rings. The molecule has 0 saturated carbocycles. The summed E-state index contributed by atoms with van der Waals surface area (Å²) in [5.41, 5.74) is 9.50. The Balaban J connectivity index is 2.05. The third-order valence-electron chi connectivity index (χ3n) is 2.61. The van der Waals surface area contributed by atoms with Crippen molar-refractivity contribution in [3.8, 4) is 11.5 Å². The van der Waals surface area contributed by atoms with E-state index in [0.29, 0.717) is 12.4 Å². The van der Waals surface area contributed by atoms with Crippen LogP contribution in [-0.2, 0) is 6.61 Å². The number of hydrogen-bond donors (Lipinski definition) is 3. The summed E-state index contributed by atoms with van der Waals surface area (Å²) in [4.78, 5) is 0. The number of thiocarbonyl (C=S) groups is 1. The van der Waals surface area contributed by atoms with Gasteiger partial charge in [-0.1, -0.05) is 30.3 Å². The van der Waals surface area contributed by atoms with Crippen molar-refractivity contribution < 1.29 is 9.84 Å². The summed E-state index contributed by atoms with van der Waals surface area (Å²) in [7, 11) is 0. The fourth-order valence-corrected chi connectivity index (χ4v) is 1.69. The van der Waals surface area contributed by atoms with Crippen molar-refractivity contribution in [3.05, 3.63) is 59.7 Å². The van der Waals surface area contributed by atoms with Crippen LogP contribution in [0.25, 0.3) is 0 Å². The van der Waals surface area contributed by atoms with Crippen molar-refractivity contribution in [2.24, 2.45) is 10.8 Å². The van der Waals surface area contributed by atoms with Gasteiger partial charge in [-0.3, -0.25) is 5.43 Å². The van der Waals surface area contributed by atoms with Crippen LogP contribution in [0.1, 0.15) is 11.1 Å². The maximum absolute atomic E-state index is 9.80. The number of hydrogen-bond acceptors (Lipinski definition) is 4. The summed E-state index contributed by atoms with van der Waals surface area (Å²) in [5.74, 6) is 0.462. The van der Waals surface area contributed by atoms with Crippen LogP contribution >= 0.6 is 12.2 Å². The molecular formula is C15H15N3O2S. The van der Waals surface area contributed by atoms with E-state index >= 15 is 0 Å². The number of hydrazone groups is 1. The second-order valence-corrected chi connectivity index (χ2v) is 4.68. The van der Waals surface area contributed by atoms with E-state index in [0.717, 1.165) is 11.1 Å². The van der Waals surface area contributed by atoms with Gasteiger partial charge in [0.05, 0.1) is 6.21 Å². The van der Waals surface area contributed by atoms with Crippen LogP contribution in [0.5, 0.6) is 11.5 Å². The molecule has 2 rings (SSSR count). The third kappa shape index (κ3) is 4.77. The van der Waals surface area contributed by atoms with Crippen molar-refractivity contribution in [3.63, 3.8) is 0 Å². The van der Waals surface area contributed by atoms with E-state index in [1.807, 2.05) is 30.3 Å². The molecular weight excluding hydrogens is 286 g/mol. The summed E-state index contributed by atoms with van der Waals surface area (Å²) in [5, 5.41) is 13.7. The van der Waals surface area contributed by atoms with Gasteiger partial charge in [0, 0.05) is 0 Å². The SMILES string of the molecule is NC(=S)NN=Cc1ccc(O)c(OCc2ccccc2)c1. The monoisotopic (exact) mass is 301 g/mol. The average molecular weight is 301 g/mol. The Morgan fingerprint density at radius 1 is 1.29 bits per heavy atom. The molecule has 21 heavy (non-hydrogen) atoms. The quantitative estimate of drug-likeness (QED) is 0.448. The van der Waals surface area contributed by atoms with Gasteiger partial charge >= 0.3 is 0 Å². The topological polar surface area (TPSA) is 79.9 Å². The second-order valence-electron chi connectivity index (χ2n) is 4.24. The standard InChI is InChI=1S/C15H15N3O2S/c16-15(21)18-17-9-12-6-7-13(19)14(8-12)20-10-11-4-2-1-3-5-11/h1-9,19H,10H2,(H3,16,18,21). The molecule has 2 aromatic carbocycles. The number of nitrogens with one attached hydrogen (secondary N) is 1. The van der Waals surface area contributed by atoms with Crippen LogP contribution in [-0.4, -0.2) is 16.4 Å². The van der Waals surface area contributed by atoms with Gasteiger partial charge in [0.1, 0.15) is 6.61 Å². The molecule has 0 aliphatic heterocycles. The molecule has 0 atom stereocenters. The number of phenolic OH excluding ortho intramolecular Hbond substituents is 1. The van der Waals surface area contributed by atoms with Gasteiger partial charge < -0.3 is 15.6 Å². The van der Waals surface area contributed by atoms with Gasteiger partial charge in [0.25, 0.3) is 0 Å². The van der Waals surface area contributed by atoms with Crippen LogP contribution in [0.4, 0.5) is 0 Å². The second kappa shape index (κ2) is 7.25. The molecule has 0 unspecified atom stereocenters. The molecule has 2 aromatic rings. The Labute approximate surface area is 128 Å². The Bertz CT molecular complexity index is 645. The lowest BCUT2D eigenvalue weighted by Gasteiger charge is -2.08. The first-order chi connectivity index (χ1) is 10.1. The molecule has 0 spiro atoms. The van der Waals surface area contributed by atoms with E-state index in [2.05, 4.69) is 22.7 Å². The minimum absolute atomic E-state index is 0.0744. The molecule has 0 amide bonds. The maximum Gasteiger partial charge on any atom is 0.184 e. The zero-order chi connectivity index (χ0) is 15.1. The molecule has 0 radical (unpaired) electrons. The Kier molecular flexibility index (Phi) is 5.11. The molecule has 0 heterocycles. The smallest absolute Gasteiger partial charge is 0.184 e. The lowest BCUT2D eigenvalue weighted by Crippen LogP contribution is -2.23. The summed E-state index contributed by atoms with van der Waals surface area (Å²) in [6.07, 6.45) is 1.54. The first-order valence-corrected chi connectivity index (χ1v) is 6.64. The largest absolute Gasteiger partial charge is 0.504 e. The predicted molar refractivity (Wildman–Crippen MR) is 86.4 cm³/mol.